The van der Waals surface area contributed by atoms with Crippen molar-refractivity contribution in [3.63, 3.8) is 0 Å². The van der Waals surface area contributed by atoms with E-state index in [4.69, 9.17) is 0 Å². The predicted octanol–water partition coefficient (Wildman–Crippen LogP) is 5.44. The minimum absolute atomic E-state index is 0.135. The summed E-state index contributed by atoms with van der Waals surface area (Å²) in [6.07, 6.45) is 9.87. The highest BCUT2D eigenvalue weighted by molar-refractivity contribution is 4.87. The molecule has 2 fully saturated rings. The Balaban J connectivity index is 1.71. The molecule has 0 N–H and O–H groups in total. The minimum atomic E-state index is -2.10. The highest BCUT2D eigenvalue weighted by atomic mass is 19.3. The Labute approximate surface area is 110 Å². The molecule has 0 amide bonds. The molecular formula is C16H26F2. The van der Waals surface area contributed by atoms with Crippen LogP contribution in [0, 0.1) is 23.7 Å². The summed E-state index contributed by atoms with van der Waals surface area (Å²) in [6, 6.07) is 0. The molecule has 0 saturated heterocycles. The van der Waals surface area contributed by atoms with Crippen LogP contribution in [0.2, 0.25) is 0 Å². The zero-order chi connectivity index (χ0) is 13.0. The van der Waals surface area contributed by atoms with Gasteiger partial charge >= 0.3 is 0 Å². The van der Waals surface area contributed by atoms with E-state index in [2.05, 4.69) is 12.7 Å². The lowest BCUT2D eigenvalue weighted by Gasteiger charge is -2.37. The third kappa shape index (κ3) is 3.80. The van der Waals surface area contributed by atoms with Gasteiger partial charge in [0.1, 0.15) is 0 Å². The summed E-state index contributed by atoms with van der Waals surface area (Å²) >= 11 is 0. The van der Waals surface area contributed by atoms with Gasteiger partial charge in [0.2, 0.25) is 6.43 Å². The summed E-state index contributed by atoms with van der Waals surface area (Å²) in [6.45, 7) is 3.89. The van der Waals surface area contributed by atoms with Gasteiger partial charge in [0.25, 0.3) is 0 Å². The Morgan fingerprint density at radius 3 is 1.83 bits per heavy atom. The Bertz CT molecular complexity index is 246. The van der Waals surface area contributed by atoms with Crippen LogP contribution in [0.4, 0.5) is 8.78 Å². The molecule has 0 unspecified atom stereocenters. The van der Waals surface area contributed by atoms with Crippen molar-refractivity contribution in [2.45, 2.75) is 64.2 Å². The van der Waals surface area contributed by atoms with Crippen LogP contribution in [-0.2, 0) is 0 Å². The molecule has 0 heterocycles. The summed E-state index contributed by atoms with van der Waals surface area (Å²) in [4.78, 5) is 0. The van der Waals surface area contributed by atoms with Crippen molar-refractivity contribution in [2.75, 3.05) is 0 Å². The molecule has 0 atom stereocenters. The molecule has 0 radical (unpaired) electrons. The second kappa shape index (κ2) is 6.68. The van der Waals surface area contributed by atoms with Crippen LogP contribution >= 0.6 is 0 Å². The highest BCUT2D eigenvalue weighted by Crippen LogP contribution is 2.42. The van der Waals surface area contributed by atoms with Gasteiger partial charge in [-0.25, -0.2) is 8.78 Å². The summed E-state index contributed by atoms with van der Waals surface area (Å²) in [5.41, 5.74) is 0. The van der Waals surface area contributed by atoms with Crippen molar-refractivity contribution in [3.8, 4) is 0 Å². The maximum absolute atomic E-state index is 12.3. The van der Waals surface area contributed by atoms with Gasteiger partial charge in [0.15, 0.2) is 0 Å². The van der Waals surface area contributed by atoms with E-state index in [9.17, 15) is 8.78 Å². The largest absolute Gasteiger partial charge is 0.238 e. The molecule has 2 rings (SSSR count). The van der Waals surface area contributed by atoms with Crippen LogP contribution in [-0.4, -0.2) is 6.43 Å². The molecule has 0 nitrogen and oxygen atoms in total. The van der Waals surface area contributed by atoms with Gasteiger partial charge in [0, 0.05) is 6.42 Å². The maximum Gasteiger partial charge on any atom is 0.238 e. The van der Waals surface area contributed by atoms with E-state index in [1.807, 2.05) is 0 Å². The molecule has 0 aromatic carbocycles. The number of allylic oxidation sites excluding steroid dienone is 1. The van der Waals surface area contributed by atoms with Crippen molar-refractivity contribution in [3.05, 3.63) is 12.7 Å². The Morgan fingerprint density at radius 2 is 1.39 bits per heavy atom. The number of halogens is 2. The lowest BCUT2D eigenvalue weighted by Crippen LogP contribution is -2.26. The van der Waals surface area contributed by atoms with E-state index in [-0.39, 0.29) is 6.42 Å². The molecule has 104 valence electrons. The lowest BCUT2D eigenvalue weighted by atomic mass is 9.69. The van der Waals surface area contributed by atoms with Crippen LogP contribution in [0.1, 0.15) is 57.8 Å². The van der Waals surface area contributed by atoms with Gasteiger partial charge in [-0.2, -0.15) is 0 Å². The fraction of sp³-hybridized carbons (Fsp3) is 0.875. The van der Waals surface area contributed by atoms with Gasteiger partial charge < -0.3 is 0 Å². The Morgan fingerprint density at radius 1 is 0.889 bits per heavy atom. The van der Waals surface area contributed by atoms with E-state index in [0.717, 1.165) is 30.6 Å². The van der Waals surface area contributed by atoms with Crippen LogP contribution in [0.25, 0.3) is 0 Å². The Hall–Kier alpha value is -0.400. The normalized spacial score (nSPS) is 37.7. The van der Waals surface area contributed by atoms with Crippen LogP contribution in [0.5, 0.6) is 0 Å². The molecule has 2 aliphatic rings. The van der Waals surface area contributed by atoms with Crippen LogP contribution in [0.3, 0.4) is 0 Å². The standard InChI is InChI=1S/C16H26F2/c1-2-12-3-7-14(8-4-12)15-9-5-13(6-10-15)11-16(17)18/h2,12-16H,1,3-11H2. The minimum Gasteiger partial charge on any atom is -0.211 e. The topological polar surface area (TPSA) is 0 Å². The smallest absolute Gasteiger partial charge is 0.211 e. The fourth-order valence-corrected chi connectivity index (χ4v) is 4.00. The highest BCUT2D eigenvalue weighted by Gasteiger charge is 2.30. The molecule has 18 heavy (non-hydrogen) atoms. The van der Waals surface area contributed by atoms with E-state index in [0.29, 0.717) is 5.92 Å². The first-order valence-corrected chi connectivity index (χ1v) is 7.59. The quantitative estimate of drug-likeness (QED) is 0.587. The maximum atomic E-state index is 12.3. The molecule has 2 heteroatoms. The summed E-state index contributed by atoms with van der Waals surface area (Å²) in [7, 11) is 0. The first kappa shape index (κ1) is 14.0. The zero-order valence-electron chi connectivity index (χ0n) is 11.3. The Kier molecular flexibility index (Phi) is 5.20. The number of hydrogen-bond donors (Lipinski definition) is 0. The van der Waals surface area contributed by atoms with Crippen LogP contribution < -0.4 is 0 Å². The molecule has 0 aromatic heterocycles. The lowest BCUT2D eigenvalue weighted by molar-refractivity contribution is 0.0850. The van der Waals surface area contributed by atoms with Crippen molar-refractivity contribution in [1.82, 2.24) is 0 Å². The van der Waals surface area contributed by atoms with E-state index in [1.54, 1.807) is 0 Å². The average molecular weight is 256 g/mol. The number of rotatable bonds is 4. The number of hydrogen-bond acceptors (Lipinski definition) is 0. The summed E-state index contributed by atoms with van der Waals surface area (Å²) in [5, 5.41) is 0. The molecular weight excluding hydrogens is 230 g/mol. The SMILES string of the molecule is C=CC1CCC(C2CCC(CC(F)F)CC2)CC1. The van der Waals surface area contributed by atoms with Crippen LogP contribution in [0.15, 0.2) is 12.7 Å². The van der Waals surface area contributed by atoms with Gasteiger partial charge in [-0.15, -0.1) is 6.58 Å². The molecule has 0 aromatic rings. The van der Waals surface area contributed by atoms with Gasteiger partial charge in [-0.3, -0.25) is 0 Å². The van der Waals surface area contributed by atoms with Crippen molar-refractivity contribution < 1.29 is 8.78 Å². The molecule has 2 saturated carbocycles. The summed E-state index contributed by atoms with van der Waals surface area (Å²) < 4.78 is 24.7. The molecule has 0 aliphatic heterocycles. The molecule has 0 bridgehead atoms. The molecule has 0 spiro atoms. The zero-order valence-corrected chi connectivity index (χ0v) is 11.3. The predicted molar refractivity (Wildman–Crippen MR) is 71.7 cm³/mol. The van der Waals surface area contributed by atoms with Crippen molar-refractivity contribution in [1.29, 1.82) is 0 Å². The van der Waals surface area contributed by atoms with Gasteiger partial charge in [-0.05, 0) is 75.0 Å². The first-order chi connectivity index (χ1) is 8.69. The summed E-state index contributed by atoms with van der Waals surface area (Å²) in [5.74, 6) is 2.72. The molecule has 2 aliphatic carbocycles. The second-order valence-corrected chi connectivity index (χ2v) is 6.32. The average Bonchev–Trinajstić information content (AvgIpc) is 2.39. The van der Waals surface area contributed by atoms with E-state index < -0.39 is 6.43 Å². The first-order valence-electron chi connectivity index (χ1n) is 7.59. The third-order valence-electron chi connectivity index (χ3n) is 5.22. The second-order valence-electron chi connectivity index (χ2n) is 6.32. The van der Waals surface area contributed by atoms with Gasteiger partial charge in [0.05, 0.1) is 0 Å². The third-order valence-corrected chi connectivity index (χ3v) is 5.22. The monoisotopic (exact) mass is 256 g/mol. The van der Waals surface area contributed by atoms with Gasteiger partial charge in [-0.1, -0.05) is 6.08 Å². The van der Waals surface area contributed by atoms with Crippen molar-refractivity contribution in [2.24, 2.45) is 23.7 Å². The van der Waals surface area contributed by atoms with E-state index in [1.165, 1.54) is 38.5 Å². The van der Waals surface area contributed by atoms with Crippen molar-refractivity contribution >= 4 is 0 Å². The number of alkyl halides is 2. The van der Waals surface area contributed by atoms with E-state index >= 15 is 0 Å². The fourth-order valence-electron chi connectivity index (χ4n) is 4.00.